The van der Waals surface area contributed by atoms with Crippen molar-refractivity contribution in [2.24, 2.45) is 5.41 Å². The Morgan fingerprint density at radius 2 is 1.18 bits per heavy atom. The molecule has 3 rings (SSSR count). The Balaban J connectivity index is 2.23. The van der Waals surface area contributed by atoms with E-state index in [-0.39, 0.29) is 6.42 Å². The van der Waals surface area contributed by atoms with Crippen LogP contribution in [0, 0.1) is 5.41 Å². The number of carboxylic acids is 2. The van der Waals surface area contributed by atoms with E-state index in [1.54, 1.807) is 0 Å². The highest BCUT2D eigenvalue weighted by atomic mass is 16.4. The molecule has 110 valence electrons. The number of benzene rings is 2. The third-order valence-corrected chi connectivity index (χ3v) is 3.99. The number of hydrogen-bond donors (Lipinski definition) is 2. The van der Waals surface area contributed by atoms with Crippen molar-refractivity contribution in [3.63, 3.8) is 0 Å². The summed E-state index contributed by atoms with van der Waals surface area (Å²) < 4.78 is 0. The minimum atomic E-state index is -1.79. The Labute approximate surface area is 127 Å². The summed E-state index contributed by atoms with van der Waals surface area (Å²) in [7, 11) is 0. The molecule has 1 aliphatic carbocycles. The smallest absolute Gasteiger partial charge is 0.325 e. The highest BCUT2D eigenvalue weighted by Gasteiger charge is 2.64. The van der Waals surface area contributed by atoms with Gasteiger partial charge in [0.15, 0.2) is 5.41 Å². The fraction of sp³-hybridized carbons (Fsp3) is 0.111. The fourth-order valence-electron chi connectivity index (χ4n) is 2.75. The molecule has 1 aliphatic rings. The van der Waals surface area contributed by atoms with Gasteiger partial charge in [-0.15, -0.1) is 0 Å². The second-order valence-corrected chi connectivity index (χ2v) is 5.28. The minimum absolute atomic E-state index is 0.0385. The van der Waals surface area contributed by atoms with Gasteiger partial charge in [0.2, 0.25) is 0 Å². The van der Waals surface area contributed by atoms with E-state index in [1.165, 1.54) is 0 Å². The lowest BCUT2D eigenvalue weighted by Crippen LogP contribution is -2.25. The standard InChI is InChI=1S/C18H14O4/c19-16(20)18(17(21)22)11-14(18)15(12-7-3-1-4-8-12)13-9-5-2-6-10-13/h1-10H,11H2,(H,19,20)(H,21,22). The van der Waals surface area contributed by atoms with Crippen LogP contribution >= 0.6 is 0 Å². The summed E-state index contributed by atoms with van der Waals surface area (Å²) in [4.78, 5) is 23.0. The summed E-state index contributed by atoms with van der Waals surface area (Å²) in [6.45, 7) is 0. The van der Waals surface area contributed by atoms with Gasteiger partial charge in [0.25, 0.3) is 0 Å². The molecular formula is C18H14O4. The first-order chi connectivity index (χ1) is 10.6. The Morgan fingerprint density at radius 1 is 0.773 bits per heavy atom. The molecule has 2 N–H and O–H groups in total. The zero-order chi connectivity index (χ0) is 15.7. The lowest BCUT2D eigenvalue weighted by Gasteiger charge is -2.10. The lowest BCUT2D eigenvalue weighted by atomic mass is 9.94. The second kappa shape index (κ2) is 5.15. The van der Waals surface area contributed by atoms with Crippen LogP contribution in [0.15, 0.2) is 66.2 Å². The SMILES string of the molecule is O=C(O)C1(C(=O)O)CC1=C(c1ccccc1)c1ccccc1. The summed E-state index contributed by atoms with van der Waals surface area (Å²) in [5, 5.41) is 18.7. The van der Waals surface area contributed by atoms with E-state index in [1.807, 2.05) is 60.7 Å². The molecule has 0 amide bonds. The molecule has 0 bridgehead atoms. The molecule has 0 saturated heterocycles. The Morgan fingerprint density at radius 3 is 1.50 bits per heavy atom. The summed E-state index contributed by atoms with van der Waals surface area (Å²) in [5.74, 6) is -2.61. The van der Waals surface area contributed by atoms with Crippen molar-refractivity contribution in [1.29, 1.82) is 0 Å². The van der Waals surface area contributed by atoms with Crippen molar-refractivity contribution in [3.8, 4) is 0 Å². The van der Waals surface area contributed by atoms with Crippen molar-refractivity contribution >= 4 is 17.5 Å². The van der Waals surface area contributed by atoms with Crippen LogP contribution in [0.3, 0.4) is 0 Å². The number of rotatable bonds is 4. The minimum Gasteiger partial charge on any atom is -0.480 e. The molecule has 4 heteroatoms. The Bertz CT molecular complexity index is 705. The third kappa shape index (κ3) is 2.09. The molecule has 0 atom stereocenters. The van der Waals surface area contributed by atoms with E-state index in [9.17, 15) is 19.8 Å². The highest BCUT2D eigenvalue weighted by Crippen LogP contribution is 2.57. The average Bonchev–Trinajstić information content (AvgIpc) is 3.26. The van der Waals surface area contributed by atoms with Gasteiger partial charge in [0, 0.05) is 6.42 Å². The van der Waals surface area contributed by atoms with Gasteiger partial charge < -0.3 is 10.2 Å². The number of hydrogen-bond acceptors (Lipinski definition) is 2. The van der Waals surface area contributed by atoms with Gasteiger partial charge in [0.1, 0.15) is 0 Å². The van der Waals surface area contributed by atoms with Gasteiger partial charge in [-0.05, 0) is 22.3 Å². The average molecular weight is 294 g/mol. The van der Waals surface area contributed by atoms with Crippen LogP contribution < -0.4 is 0 Å². The highest BCUT2D eigenvalue weighted by molar-refractivity contribution is 6.11. The largest absolute Gasteiger partial charge is 0.480 e. The van der Waals surface area contributed by atoms with Gasteiger partial charge in [-0.3, -0.25) is 9.59 Å². The summed E-state index contributed by atoms with van der Waals surface area (Å²) in [6, 6.07) is 18.6. The van der Waals surface area contributed by atoms with E-state index in [2.05, 4.69) is 0 Å². The summed E-state index contributed by atoms with van der Waals surface area (Å²) >= 11 is 0. The summed E-state index contributed by atoms with van der Waals surface area (Å²) in [6.07, 6.45) is 0.0385. The van der Waals surface area contributed by atoms with Crippen LogP contribution in [-0.2, 0) is 9.59 Å². The van der Waals surface area contributed by atoms with Gasteiger partial charge in [-0.2, -0.15) is 0 Å². The molecule has 0 spiro atoms. The van der Waals surface area contributed by atoms with Gasteiger partial charge in [0.05, 0.1) is 0 Å². The maximum atomic E-state index is 11.5. The number of carbonyl (C=O) groups is 2. The first-order valence-electron chi connectivity index (χ1n) is 6.88. The molecule has 2 aromatic carbocycles. The Hall–Kier alpha value is -2.88. The van der Waals surface area contributed by atoms with E-state index in [0.29, 0.717) is 11.1 Å². The number of aliphatic carboxylic acids is 2. The van der Waals surface area contributed by atoms with Crippen LogP contribution in [-0.4, -0.2) is 22.2 Å². The number of carboxylic acid groups (broad SMARTS) is 2. The van der Waals surface area contributed by atoms with Gasteiger partial charge in [-0.1, -0.05) is 60.7 Å². The summed E-state index contributed by atoms with van der Waals surface area (Å²) in [5.41, 5.74) is 1.01. The first kappa shape index (κ1) is 14.1. The predicted octanol–water partition coefficient (Wildman–Crippen LogP) is 3.05. The zero-order valence-corrected chi connectivity index (χ0v) is 11.7. The van der Waals surface area contributed by atoms with Crippen molar-refractivity contribution in [2.45, 2.75) is 6.42 Å². The van der Waals surface area contributed by atoms with E-state index in [4.69, 9.17) is 0 Å². The van der Waals surface area contributed by atoms with Gasteiger partial charge >= 0.3 is 11.9 Å². The van der Waals surface area contributed by atoms with Crippen molar-refractivity contribution in [3.05, 3.63) is 77.4 Å². The van der Waals surface area contributed by atoms with E-state index >= 15 is 0 Å². The first-order valence-corrected chi connectivity index (χ1v) is 6.88. The normalized spacial score (nSPS) is 15.2. The molecule has 0 radical (unpaired) electrons. The molecule has 0 aliphatic heterocycles. The van der Waals surface area contributed by atoms with Crippen molar-refractivity contribution < 1.29 is 19.8 Å². The van der Waals surface area contributed by atoms with Crippen LogP contribution in [0.2, 0.25) is 0 Å². The molecule has 0 heterocycles. The predicted molar refractivity (Wildman–Crippen MR) is 81.2 cm³/mol. The fourth-order valence-corrected chi connectivity index (χ4v) is 2.75. The molecule has 0 aromatic heterocycles. The topological polar surface area (TPSA) is 74.6 Å². The maximum absolute atomic E-state index is 11.5. The zero-order valence-electron chi connectivity index (χ0n) is 11.7. The van der Waals surface area contributed by atoms with Crippen LogP contribution in [0.25, 0.3) is 5.57 Å². The molecule has 22 heavy (non-hydrogen) atoms. The van der Waals surface area contributed by atoms with Crippen molar-refractivity contribution in [1.82, 2.24) is 0 Å². The van der Waals surface area contributed by atoms with E-state index in [0.717, 1.165) is 11.1 Å². The second-order valence-electron chi connectivity index (χ2n) is 5.28. The Kier molecular flexibility index (Phi) is 3.29. The van der Waals surface area contributed by atoms with Crippen LogP contribution in [0.5, 0.6) is 0 Å². The molecular weight excluding hydrogens is 280 g/mol. The molecule has 0 unspecified atom stereocenters. The molecule has 1 saturated carbocycles. The molecule has 1 fully saturated rings. The molecule has 4 nitrogen and oxygen atoms in total. The quantitative estimate of drug-likeness (QED) is 0.850. The lowest BCUT2D eigenvalue weighted by molar-refractivity contribution is -0.155. The van der Waals surface area contributed by atoms with Crippen molar-refractivity contribution in [2.75, 3.05) is 0 Å². The van der Waals surface area contributed by atoms with Crippen LogP contribution in [0.1, 0.15) is 17.5 Å². The van der Waals surface area contributed by atoms with Gasteiger partial charge in [-0.25, -0.2) is 0 Å². The molecule has 2 aromatic rings. The monoisotopic (exact) mass is 294 g/mol. The third-order valence-electron chi connectivity index (χ3n) is 3.99. The maximum Gasteiger partial charge on any atom is 0.325 e. The van der Waals surface area contributed by atoms with Crippen LogP contribution in [0.4, 0.5) is 0 Å². The van der Waals surface area contributed by atoms with E-state index < -0.39 is 17.4 Å².